The second-order valence-corrected chi connectivity index (χ2v) is 7.95. The number of benzene rings is 1. The Bertz CT molecular complexity index is 1010. The van der Waals surface area contributed by atoms with E-state index in [1.807, 2.05) is 24.3 Å². The predicted octanol–water partition coefficient (Wildman–Crippen LogP) is 4.77. The highest BCUT2D eigenvalue weighted by atomic mass is 35.5. The van der Waals surface area contributed by atoms with Crippen molar-refractivity contribution in [2.45, 2.75) is 11.9 Å². The van der Waals surface area contributed by atoms with Gasteiger partial charge in [-0.25, -0.2) is 14.4 Å². The van der Waals surface area contributed by atoms with E-state index in [4.69, 9.17) is 16.6 Å². The Balaban J connectivity index is 1.51. The van der Waals surface area contributed by atoms with E-state index < -0.39 is 0 Å². The van der Waals surface area contributed by atoms with Crippen molar-refractivity contribution in [2.24, 2.45) is 0 Å². The number of halogens is 2. The molecule has 1 aromatic carbocycles. The maximum Gasteiger partial charge on any atom is 0.136 e. The van der Waals surface area contributed by atoms with E-state index in [9.17, 15) is 4.39 Å². The zero-order valence-corrected chi connectivity index (χ0v) is 17.5. The third-order valence-electron chi connectivity index (χ3n) is 4.78. The van der Waals surface area contributed by atoms with Crippen molar-refractivity contribution in [2.75, 3.05) is 35.8 Å². The molecule has 0 spiro atoms. The lowest BCUT2D eigenvalue weighted by atomic mass is 10.0. The molecule has 1 aliphatic rings. The van der Waals surface area contributed by atoms with Gasteiger partial charge in [-0.1, -0.05) is 29.8 Å². The van der Waals surface area contributed by atoms with Crippen molar-refractivity contribution in [1.29, 1.82) is 0 Å². The molecular formula is C21H21ClFN5S. The van der Waals surface area contributed by atoms with Crippen LogP contribution in [0.3, 0.4) is 0 Å². The summed E-state index contributed by atoms with van der Waals surface area (Å²) < 4.78 is 17.2. The van der Waals surface area contributed by atoms with Gasteiger partial charge >= 0.3 is 0 Å². The summed E-state index contributed by atoms with van der Waals surface area (Å²) in [6, 6.07) is 14.5. The van der Waals surface area contributed by atoms with Crippen molar-refractivity contribution in [3.05, 3.63) is 64.9 Å². The van der Waals surface area contributed by atoms with Crippen LogP contribution in [0.1, 0.15) is 5.56 Å². The number of nitrogens with zero attached hydrogens (tertiary/aromatic N) is 3. The van der Waals surface area contributed by atoms with Gasteiger partial charge in [-0.2, -0.15) is 0 Å². The van der Waals surface area contributed by atoms with E-state index in [0.29, 0.717) is 27.7 Å². The van der Waals surface area contributed by atoms with Crippen LogP contribution in [0, 0.1) is 12.7 Å². The molecule has 0 saturated carbocycles. The Kier molecular flexibility index (Phi) is 6.18. The van der Waals surface area contributed by atoms with Gasteiger partial charge in [-0.3, -0.25) is 0 Å². The molecule has 29 heavy (non-hydrogen) atoms. The second kappa shape index (κ2) is 8.98. The molecule has 1 fully saturated rings. The van der Waals surface area contributed by atoms with E-state index in [0.717, 1.165) is 37.0 Å². The van der Waals surface area contributed by atoms with Gasteiger partial charge in [-0.15, -0.1) is 0 Å². The lowest BCUT2D eigenvalue weighted by Crippen LogP contribution is -2.43. The molecule has 0 radical (unpaired) electrons. The van der Waals surface area contributed by atoms with Gasteiger partial charge < -0.3 is 14.9 Å². The zero-order valence-electron chi connectivity index (χ0n) is 16.0. The van der Waals surface area contributed by atoms with Crippen LogP contribution in [0.2, 0.25) is 5.02 Å². The molecule has 0 amide bonds. The summed E-state index contributed by atoms with van der Waals surface area (Å²) in [5.41, 5.74) is 1.76. The SMILES string of the molecule is Cc1c(F)cccc1-c1nc(NSc2cccc(N3CCNCC3)n2)ccc1Cl. The number of hydrogen-bond acceptors (Lipinski definition) is 6. The van der Waals surface area contributed by atoms with Crippen LogP contribution in [0.15, 0.2) is 53.6 Å². The summed E-state index contributed by atoms with van der Waals surface area (Å²) in [7, 11) is 0. The first-order valence-electron chi connectivity index (χ1n) is 9.39. The number of pyridine rings is 2. The number of anilines is 2. The predicted molar refractivity (Wildman–Crippen MR) is 118 cm³/mol. The van der Waals surface area contributed by atoms with Gasteiger partial charge in [0.15, 0.2) is 0 Å². The minimum atomic E-state index is -0.276. The van der Waals surface area contributed by atoms with Crippen molar-refractivity contribution in [1.82, 2.24) is 15.3 Å². The van der Waals surface area contributed by atoms with Crippen LogP contribution in [0.5, 0.6) is 0 Å². The maximum atomic E-state index is 14.0. The molecule has 0 bridgehead atoms. The summed E-state index contributed by atoms with van der Waals surface area (Å²) >= 11 is 7.72. The van der Waals surface area contributed by atoms with Gasteiger partial charge in [0.05, 0.1) is 10.7 Å². The lowest BCUT2D eigenvalue weighted by Gasteiger charge is -2.28. The van der Waals surface area contributed by atoms with Crippen LogP contribution in [0.4, 0.5) is 16.0 Å². The summed E-state index contributed by atoms with van der Waals surface area (Å²) in [6.45, 7) is 5.55. The highest BCUT2D eigenvalue weighted by Gasteiger charge is 2.14. The number of rotatable bonds is 5. The van der Waals surface area contributed by atoms with E-state index in [1.165, 1.54) is 18.0 Å². The first-order chi connectivity index (χ1) is 14.1. The van der Waals surface area contributed by atoms with Gasteiger partial charge in [0.25, 0.3) is 0 Å². The third kappa shape index (κ3) is 4.63. The number of piperazine rings is 1. The largest absolute Gasteiger partial charge is 0.354 e. The maximum absolute atomic E-state index is 14.0. The third-order valence-corrected chi connectivity index (χ3v) is 5.83. The highest BCUT2D eigenvalue weighted by molar-refractivity contribution is 8.00. The van der Waals surface area contributed by atoms with E-state index in [-0.39, 0.29) is 5.82 Å². The fourth-order valence-corrected chi connectivity index (χ4v) is 4.00. The molecule has 2 N–H and O–H groups in total. The van der Waals surface area contributed by atoms with Crippen molar-refractivity contribution in [3.8, 4) is 11.3 Å². The Morgan fingerprint density at radius 2 is 1.86 bits per heavy atom. The molecule has 3 heterocycles. The molecule has 150 valence electrons. The molecule has 8 heteroatoms. The van der Waals surface area contributed by atoms with E-state index >= 15 is 0 Å². The molecule has 1 aliphatic heterocycles. The monoisotopic (exact) mass is 429 g/mol. The van der Waals surface area contributed by atoms with Crippen molar-refractivity contribution < 1.29 is 4.39 Å². The quantitative estimate of drug-likeness (QED) is 0.569. The van der Waals surface area contributed by atoms with E-state index in [2.05, 4.69) is 19.9 Å². The van der Waals surface area contributed by atoms with Gasteiger partial charge in [-0.05, 0) is 42.8 Å². The molecule has 1 saturated heterocycles. The van der Waals surface area contributed by atoms with Crippen molar-refractivity contribution >= 4 is 35.2 Å². The summed E-state index contributed by atoms with van der Waals surface area (Å²) in [6.07, 6.45) is 0. The Labute approximate surface area is 178 Å². The Morgan fingerprint density at radius 3 is 2.69 bits per heavy atom. The normalized spacial score (nSPS) is 14.1. The average Bonchev–Trinajstić information content (AvgIpc) is 2.76. The number of nitrogens with one attached hydrogen (secondary N) is 2. The van der Waals surface area contributed by atoms with Crippen LogP contribution >= 0.6 is 23.5 Å². The van der Waals surface area contributed by atoms with Gasteiger partial charge in [0.2, 0.25) is 0 Å². The summed E-state index contributed by atoms with van der Waals surface area (Å²) in [5.74, 6) is 1.33. The molecule has 0 unspecified atom stereocenters. The average molecular weight is 430 g/mol. The molecule has 2 aromatic heterocycles. The van der Waals surface area contributed by atoms with Crippen LogP contribution < -0.4 is 14.9 Å². The molecule has 0 atom stereocenters. The first kappa shape index (κ1) is 19.9. The summed E-state index contributed by atoms with van der Waals surface area (Å²) in [5, 5.41) is 4.68. The van der Waals surface area contributed by atoms with Crippen molar-refractivity contribution in [3.63, 3.8) is 0 Å². The fraction of sp³-hybridized carbons (Fsp3) is 0.238. The molecule has 4 rings (SSSR count). The first-order valence-corrected chi connectivity index (χ1v) is 10.6. The van der Waals surface area contributed by atoms with Gasteiger partial charge in [0.1, 0.15) is 22.5 Å². The fourth-order valence-electron chi connectivity index (χ4n) is 3.19. The topological polar surface area (TPSA) is 53.1 Å². The van der Waals surface area contributed by atoms with E-state index in [1.54, 1.807) is 25.1 Å². The smallest absolute Gasteiger partial charge is 0.136 e. The molecule has 3 aromatic rings. The molecule has 0 aliphatic carbocycles. The molecule has 5 nitrogen and oxygen atoms in total. The molecular weight excluding hydrogens is 409 g/mol. The zero-order chi connectivity index (χ0) is 20.2. The highest BCUT2D eigenvalue weighted by Crippen LogP contribution is 2.32. The lowest BCUT2D eigenvalue weighted by molar-refractivity contribution is 0.584. The minimum Gasteiger partial charge on any atom is -0.354 e. The standard InChI is InChI=1S/C21H21ClFN5S/c1-14-15(4-2-5-17(14)23)21-16(22)8-9-18(25-21)27-29-20-7-3-6-19(26-20)28-12-10-24-11-13-28/h2-9,24H,10-13H2,1H3,(H,25,27). The second-order valence-electron chi connectivity index (χ2n) is 6.71. The Morgan fingerprint density at radius 1 is 1.07 bits per heavy atom. The number of hydrogen-bond donors (Lipinski definition) is 2. The van der Waals surface area contributed by atoms with Crippen LogP contribution in [-0.2, 0) is 0 Å². The van der Waals surface area contributed by atoms with Crippen LogP contribution in [-0.4, -0.2) is 36.1 Å². The number of aromatic nitrogens is 2. The Hall–Kier alpha value is -2.35. The summed E-state index contributed by atoms with van der Waals surface area (Å²) in [4.78, 5) is 11.6. The minimum absolute atomic E-state index is 0.276. The van der Waals surface area contributed by atoms with Gasteiger partial charge in [0, 0.05) is 43.7 Å². The van der Waals surface area contributed by atoms with Crippen LogP contribution in [0.25, 0.3) is 11.3 Å².